The molecule has 1 aliphatic rings. The summed E-state index contributed by atoms with van der Waals surface area (Å²) in [5, 5.41) is 29.0. The molecule has 0 saturated carbocycles. The monoisotopic (exact) mass is 307 g/mol. The maximum Gasteiger partial charge on any atom is 0.255 e. The molecule has 4 unspecified atom stereocenters. The summed E-state index contributed by atoms with van der Waals surface area (Å²) in [5.74, 6) is 0. The average molecular weight is 307 g/mol. The Bertz CT molecular complexity index is 775. The lowest BCUT2D eigenvalue weighted by Gasteiger charge is -2.14. The smallest absolute Gasteiger partial charge is 0.255 e. The maximum atomic E-state index is 12.2. The van der Waals surface area contributed by atoms with Gasteiger partial charge in [-0.15, -0.1) is 0 Å². The minimum Gasteiger partial charge on any atom is -0.394 e. The molecule has 4 atom stereocenters. The number of pyridine rings is 1. The van der Waals surface area contributed by atoms with E-state index >= 15 is 0 Å². The zero-order chi connectivity index (χ0) is 16.0. The van der Waals surface area contributed by atoms with E-state index in [0.717, 1.165) is 5.69 Å². The number of nitrogens with one attached hydrogen (secondary N) is 1. The molecule has 118 valence electrons. The van der Waals surface area contributed by atoms with Gasteiger partial charge in [-0.3, -0.25) is 4.79 Å². The minimum absolute atomic E-state index is 0.146. The third kappa shape index (κ3) is 2.30. The fourth-order valence-electron chi connectivity index (χ4n) is 2.57. The third-order valence-electron chi connectivity index (χ3n) is 3.97. The summed E-state index contributed by atoms with van der Waals surface area (Å²) in [6.07, 6.45) is -4.50. The van der Waals surface area contributed by atoms with E-state index in [1.165, 1.54) is 6.07 Å². The molecule has 4 N–H and O–H groups in total. The van der Waals surface area contributed by atoms with Crippen molar-refractivity contribution in [2.45, 2.75) is 38.3 Å². The van der Waals surface area contributed by atoms with Crippen LogP contribution in [0.4, 0.5) is 0 Å². The number of aromatic nitrogens is 3. The van der Waals surface area contributed by atoms with Gasteiger partial charge in [-0.25, -0.2) is 9.97 Å². The van der Waals surface area contributed by atoms with Gasteiger partial charge in [0.1, 0.15) is 29.9 Å². The molecule has 1 fully saturated rings. The van der Waals surface area contributed by atoms with Gasteiger partial charge in [0.05, 0.1) is 23.6 Å². The fourth-order valence-corrected chi connectivity index (χ4v) is 2.57. The Labute approximate surface area is 125 Å². The van der Waals surface area contributed by atoms with Crippen LogP contribution in [0, 0.1) is 13.8 Å². The second kappa shape index (κ2) is 5.40. The number of fused-ring (bicyclic) bond motifs is 1. The van der Waals surface area contributed by atoms with Crippen molar-refractivity contribution in [1.29, 1.82) is 0 Å². The van der Waals surface area contributed by atoms with Crippen LogP contribution in [-0.4, -0.2) is 55.2 Å². The summed E-state index contributed by atoms with van der Waals surface area (Å²) in [4.78, 5) is 23.4. The number of H-pyrrole nitrogens is 1. The number of nitrogens with zero attached hydrogens (tertiary/aromatic N) is 2. The third-order valence-corrected chi connectivity index (χ3v) is 3.97. The topological polar surface area (TPSA) is 129 Å². The number of aliphatic hydroxyl groups excluding tert-OH is 3. The lowest BCUT2D eigenvalue weighted by Crippen LogP contribution is -2.33. The van der Waals surface area contributed by atoms with Crippen molar-refractivity contribution in [3.63, 3.8) is 0 Å². The van der Waals surface area contributed by atoms with Gasteiger partial charge in [-0.2, -0.15) is 0 Å². The summed E-state index contributed by atoms with van der Waals surface area (Å²) in [7, 11) is 0. The first-order valence-corrected chi connectivity index (χ1v) is 6.93. The molecule has 3 heterocycles. The number of hydrogen-bond donors (Lipinski definition) is 4. The SMILES string of the molecule is Cc1nc2cc(C3OC(CO)C(O)C3O)c(=O)[nH]c2nc1C. The van der Waals surface area contributed by atoms with Crippen LogP contribution in [-0.2, 0) is 4.74 Å². The van der Waals surface area contributed by atoms with Gasteiger partial charge in [0.2, 0.25) is 0 Å². The van der Waals surface area contributed by atoms with Crippen LogP contribution >= 0.6 is 0 Å². The summed E-state index contributed by atoms with van der Waals surface area (Å²) in [6, 6.07) is 1.49. The normalized spacial score (nSPS) is 28.4. The van der Waals surface area contributed by atoms with E-state index in [9.17, 15) is 15.0 Å². The maximum absolute atomic E-state index is 12.2. The lowest BCUT2D eigenvalue weighted by molar-refractivity contribution is -0.0231. The summed E-state index contributed by atoms with van der Waals surface area (Å²) < 4.78 is 5.39. The molecule has 0 spiro atoms. The molecule has 2 aromatic heterocycles. The molecule has 3 rings (SSSR count). The van der Waals surface area contributed by atoms with Crippen LogP contribution in [0.5, 0.6) is 0 Å². The first kappa shape index (κ1) is 15.0. The van der Waals surface area contributed by atoms with Gasteiger partial charge >= 0.3 is 0 Å². The zero-order valence-corrected chi connectivity index (χ0v) is 12.1. The number of rotatable bonds is 2. The van der Waals surface area contributed by atoms with E-state index in [1.54, 1.807) is 13.8 Å². The second-order valence-corrected chi connectivity index (χ2v) is 5.44. The molecule has 22 heavy (non-hydrogen) atoms. The largest absolute Gasteiger partial charge is 0.394 e. The van der Waals surface area contributed by atoms with Gasteiger partial charge in [0.25, 0.3) is 5.56 Å². The average Bonchev–Trinajstić information content (AvgIpc) is 2.76. The molecule has 0 bridgehead atoms. The summed E-state index contributed by atoms with van der Waals surface area (Å²) in [6.45, 7) is 3.15. The lowest BCUT2D eigenvalue weighted by atomic mass is 10.0. The van der Waals surface area contributed by atoms with Gasteiger partial charge in [0.15, 0.2) is 5.65 Å². The number of aryl methyl sites for hydroxylation is 2. The highest BCUT2D eigenvalue weighted by atomic mass is 16.6. The molecule has 1 saturated heterocycles. The van der Waals surface area contributed by atoms with Gasteiger partial charge < -0.3 is 25.0 Å². The standard InChI is InChI=1S/C14H17N3O5/c1-5-6(2)16-13-8(15-5)3-7(14(21)17-13)12-11(20)10(19)9(4-18)22-12/h3,9-12,18-20H,4H2,1-2H3,(H,16,17,21). The Kier molecular flexibility index (Phi) is 3.69. The minimum atomic E-state index is -1.30. The molecule has 1 aliphatic heterocycles. The van der Waals surface area contributed by atoms with Gasteiger partial charge in [0, 0.05) is 0 Å². The van der Waals surface area contributed by atoms with Crippen LogP contribution < -0.4 is 5.56 Å². The fraction of sp³-hybridized carbons (Fsp3) is 0.500. The van der Waals surface area contributed by atoms with Crippen LogP contribution in [0.3, 0.4) is 0 Å². The van der Waals surface area contributed by atoms with Crippen molar-refractivity contribution in [3.8, 4) is 0 Å². The molecule has 0 aliphatic carbocycles. The van der Waals surface area contributed by atoms with E-state index in [0.29, 0.717) is 16.9 Å². The van der Waals surface area contributed by atoms with Crippen LogP contribution in [0.25, 0.3) is 11.2 Å². The van der Waals surface area contributed by atoms with Gasteiger partial charge in [-0.1, -0.05) is 0 Å². The van der Waals surface area contributed by atoms with E-state index in [4.69, 9.17) is 9.84 Å². The Morgan fingerprint density at radius 3 is 2.55 bits per heavy atom. The van der Waals surface area contributed by atoms with E-state index in [-0.39, 0.29) is 5.56 Å². The van der Waals surface area contributed by atoms with E-state index in [1.807, 2.05) is 0 Å². The number of aliphatic hydroxyl groups is 3. The zero-order valence-electron chi connectivity index (χ0n) is 12.1. The predicted molar refractivity (Wildman–Crippen MR) is 76.3 cm³/mol. The predicted octanol–water partition coefficient (Wildman–Crippen LogP) is -0.911. The number of hydrogen-bond acceptors (Lipinski definition) is 7. The highest BCUT2D eigenvalue weighted by Gasteiger charge is 2.44. The van der Waals surface area contributed by atoms with Crippen molar-refractivity contribution < 1.29 is 20.1 Å². The van der Waals surface area contributed by atoms with Crippen molar-refractivity contribution in [3.05, 3.63) is 33.4 Å². The molecule has 2 aromatic rings. The molecular weight excluding hydrogens is 290 g/mol. The van der Waals surface area contributed by atoms with Crippen LogP contribution in [0.2, 0.25) is 0 Å². The first-order chi connectivity index (χ1) is 10.4. The number of aromatic amines is 1. The van der Waals surface area contributed by atoms with Crippen molar-refractivity contribution in [1.82, 2.24) is 15.0 Å². The second-order valence-electron chi connectivity index (χ2n) is 5.44. The quantitative estimate of drug-likeness (QED) is 0.565. The van der Waals surface area contributed by atoms with Crippen LogP contribution in [0.1, 0.15) is 23.1 Å². The van der Waals surface area contributed by atoms with Crippen molar-refractivity contribution in [2.24, 2.45) is 0 Å². The first-order valence-electron chi connectivity index (χ1n) is 6.93. The van der Waals surface area contributed by atoms with Crippen LogP contribution in [0.15, 0.2) is 10.9 Å². The molecule has 0 radical (unpaired) electrons. The molecule has 0 amide bonds. The van der Waals surface area contributed by atoms with E-state index in [2.05, 4.69) is 15.0 Å². The number of ether oxygens (including phenoxy) is 1. The van der Waals surface area contributed by atoms with Gasteiger partial charge in [-0.05, 0) is 19.9 Å². The molecular formula is C14H17N3O5. The summed E-state index contributed by atoms with van der Waals surface area (Å²) >= 11 is 0. The summed E-state index contributed by atoms with van der Waals surface area (Å²) in [5.41, 5.74) is 1.93. The Hall–Kier alpha value is -1.87. The Morgan fingerprint density at radius 1 is 1.23 bits per heavy atom. The van der Waals surface area contributed by atoms with E-state index < -0.39 is 36.6 Å². The molecule has 0 aromatic carbocycles. The Balaban J connectivity index is 2.10. The molecule has 8 heteroatoms. The van der Waals surface area contributed by atoms with Crippen molar-refractivity contribution >= 4 is 11.2 Å². The Morgan fingerprint density at radius 2 is 1.91 bits per heavy atom. The van der Waals surface area contributed by atoms with Crippen molar-refractivity contribution in [2.75, 3.05) is 6.61 Å². The highest BCUT2D eigenvalue weighted by Crippen LogP contribution is 2.32. The molecule has 8 nitrogen and oxygen atoms in total. The highest BCUT2D eigenvalue weighted by molar-refractivity contribution is 5.70.